The SMILES string of the molecule is CCNCc1coc2ccc(S(=O)N(CCCN)CC(C)C)cc12. The summed E-state index contributed by atoms with van der Waals surface area (Å²) in [5.74, 6) is 0.452. The summed E-state index contributed by atoms with van der Waals surface area (Å²) in [4.78, 5) is 0.819. The number of rotatable bonds is 10. The smallest absolute Gasteiger partial charge is 0.134 e. The van der Waals surface area contributed by atoms with Crippen molar-refractivity contribution < 1.29 is 8.63 Å². The molecule has 6 heteroatoms. The largest absolute Gasteiger partial charge is 0.464 e. The monoisotopic (exact) mass is 351 g/mol. The molecule has 2 rings (SSSR count). The summed E-state index contributed by atoms with van der Waals surface area (Å²) < 4.78 is 20.6. The Morgan fingerprint density at radius 2 is 2.17 bits per heavy atom. The van der Waals surface area contributed by atoms with Crippen LogP contribution in [0.2, 0.25) is 0 Å². The molecular formula is C18H29N3O2S. The van der Waals surface area contributed by atoms with E-state index in [1.54, 1.807) is 6.26 Å². The molecule has 0 amide bonds. The highest BCUT2D eigenvalue weighted by Gasteiger charge is 2.17. The third-order valence-electron chi connectivity index (χ3n) is 3.81. The first-order chi connectivity index (χ1) is 11.6. The van der Waals surface area contributed by atoms with Gasteiger partial charge in [-0.1, -0.05) is 20.8 Å². The van der Waals surface area contributed by atoms with Crippen LogP contribution in [0.5, 0.6) is 0 Å². The molecule has 0 saturated carbocycles. The fourth-order valence-electron chi connectivity index (χ4n) is 2.63. The summed E-state index contributed by atoms with van der Waals surface area (Å²) in [5, 5.41) is 4.34. The number of nitrogens with two attached hydrogens (primary N) is 1. The van der Waals surface area contributed by atoms with Gasteiger partial charge in [0.1, 0.15) is 16.6 Å². The van der Waals surface area contributed by atoms with E-state index < -0.39 is 11.0 Å². The van der Waals surface area contributed by atoms with Gasteiger partial charge in [0.25, 0.3) is 0 Å². The Labute approximate surface area is 147 Å². The van der Waals surface area contributed by atoms with Crippen LogP contribution in [0.3, 0.4) is 0 Å². The van der Waals surface area contributed by atoms with Crippen LogP contribution in [0.4, 0.5) is 0 Å². The molecule has 134 valence electrons. The first-order valence-electron chi connectivity index (χ1n) is 8.64. The van der Waals surface area contributed by atoms with E-state index in [-0.39, 0.29) is 0 Å². The molecule has 1 aromatic carbocycles. The maximum absolute atomic E-state index is 13.0. The van der Waals surface area contributed by atoms with Gasteiger partial charge in [0.2, 0.25) is 0 Å². The second kappa shape index (κ2) is 9.32. The molecule has 0 aliphatic carbocycles. The van der Waals surface area contributed by atoms with Crippen molar-refractivity contribution in [2.45, 2.75) is 38.6 Å². The average Bonchev–Trinajstić information content (AvgIpc) is 2.98. The molecule has 2 aromatic rings. The van der Waals surface area contributed by atoms with E-state index in [2.05, 4.69) is 26.1 Å². The summed E-state index contributed by atoms with van der Waals surface area (Å²) >= 11 is 0. The summed E-state index contributed by atoms with van der Waals surface area (Å²) in [7, 11) is -1.18. The predicted octanol–water partition coefficient (Wildman–Crippen LogP) is 2.87. The van der Waals surface area contributed by atoms with E-state index in [1.165, 1.54) is 0 Å². The lowest BCUT2D eigenvalue weighted by atomic mass is 10.2. The van der Waals surface area contributed by atoms with E-state index in [4.69, 9.17) is 10.2 Å². The van der Waals surface area contributed by atoms with Crippen molar-refractivity contribution in [3.8, 4) is 0 Å². The Balaban J connectivity index is 2.25. The maximum Gasteiger partial charge on any atom is 0.134 e. The van der Waals surface area contributed by atoms with Gasteiger partial charge >= 0.3 is 0 Å². The van der Waals surface area contributed by atoms with Gasteiger partial charge in [-0.3, -0.25) is 0 Å². The minimum atomic E-state index is -1.18. The Morgan fingerprint density at radius 1 is 1.38 bits per heavy atom. The molecule has 0 bridgehead atoms. The van der Waals surface area contributed by atoms with E-state index in [0.29, 0.717) is 12.5 Å². The van der Waals surface area contributed by atoms with Crippen LogP contribution in [-0.4, -0.2) is 34.7 Å². The summed E-state index contributed by atoms with van der Waals surface area (Å²) in [6.45, 7) is 10.2. The molecule has 0 spiro atoms. The van der Waals surface area contributed by atoms with Crippen molar-refractivity contribution in [3.63, 3.8) is 0 Å². The zero-order chi connectivity index (χ0) is 17.5. The van der Waals surface area contributed by atoms with Gasteiger partial charge < -0.3 is 15.5 Å². The summed E-state index contributed by atoms with van der Waals surface area (Å²) in [6, 6.07) is 5.81. The Bertz CT molecular complexity index is 669. The normalized spacial score (nSPS) is 13.2. The second-order valence-corrected chi connectivity index (χ2v) is 7.86. The zero-order valence-corrected chi connectivity index (χ0v) is 15.7. The van der Waals surface area contributed by atoms with Crippen molar-refractivity contribution in [1.29, 1.82) is 0 Å². The Hall–Kier alpha value is -1.21. The molecule has 1 heterocycles. The quantitative estimate of drug-likeness (QED) is 0.690. The molecule has 0 aliphatic rings. The van der Waals surface area contributed by atoms with E-state index in [0.717, 1.165) is 54.0 Å². The second-order valence-electron chi connectivity index (χ2n) is 6.37. The van der Waals surface area contributed by atoms with Crippen LogP contribution in [0.1, 0.15) is 32.8 Å². The molecule has 3 N–H and O–H groups in total. The predicted molar refractivity (Wildman–Crippen MR) is 100 cm³/mol. The first-order valence-corrected chi connectivity index (χ1v) is 9.75. The maximum atomic E-state index is 13.0. The first kappa shape index (κ1) is 19.1. The minimum Gasteiger partial charge on any atom is -0.464 e. The molecule has 0 aliphatic heterocycles. The molecule has 5 nitrogen and oxygen atoms in total. The number of nitrogens with zero attached hydrogens (tertiary/aromatic N) is 1. The van der Waals surface area contributed by atoms with Crippen molar-refractivity contribution in [3.05, 3.63) is 30.0 Å². The molecule has 1 aromatic heterocycles. The average molecular weight is 352 g/mol. The zero-order valence-electron chi connectivity index (χ0n) is 14.9. The van der Waals surface area contributed by atoms with Crippen LogP contribution < -0.4 is 11.1 Å². The van der Waals surface area contributed by atoms with E-state index in [9.17, 15) is 4.21 Å². The molecule has 0 fully saturated rings. The highest BCUT2D eigenvalue weighted by molar-refractivity contribution is 7.82. The van der Waals surface area contributed by atoms with Crippen molar-refractivity contribution in [2.75, 3.05) is 26.2 Å². The van der Waals surface area contributed by atoms with Crippen molar-refractivity contribution in [1.82, 2.24) is 9.62 Å². The van der Waals surface area contributed by atoms with Crippen LogP contribution in [-0.2, 0) is 17.5 Å². The molecule has 0 saturated heterocycles. The standard InChI is InChI=1S/C18H29N3O2S/c1-4-20-11-15-13-23-18-7-6-16(10-17(15)18)24(22)21(9-5-8-19)12-14(2)3/h6-7,10,13-14,20H,4-5,8-9,11-12,19H2,1-3H3. The Kier molecular flexibility index (Phi) is 7.42. The van der Waals surface area contributed by atoms with Gasteiger partial charge in [0, 0.05) is 30.6 Å². The van der Waals surface area contributed by atoms with Gasteiger partial charge in [-0.05, 0) is 43.6 Å². The number of fused-ring (bicyclic) bond motifs is 1. The third kappa shape index (κ3) is 4.89. The summed E-state index contributed by atoms with van der Waals surface area (Å²) in [5.41, 5.74) is 7.56. The number of nitrogens with one attached hydrogen (secondary N) is 1. The molecule has 1 unspecified atom stereocenters. The van der Waals surface area contributed by atoms with Crippen LogP contribution >= 0.6 is 0 Å². The number of benzene rings is 1. The lowest BCUT2D eigenvalue weighted by Crippen LogP contribution is -2.32. The highest BCUT2D eigenvalue weighted by atomic mass is 32.2. The van der Waals surface area contributed by atoms with E-state index >= 15 is 0 Å². The molecule has 24 heavy (non-hydrogen) atoms. The lowest BCUT2D eigenvalue weighted by Gasteiger charge is -2.23. The van der Waals surface area contributed by atoms with Crippen LogP contribution in [0.25, 0.3) is 11.0 Å². The molecular weight excluding hydrogens is 322 g/mol. The van der Waals surface area contributed by atoms with Gasteiger partial charge in [0.15, 0.2) is 0 Å². The highest BCUT2D eigenvalue weighted by Crippen LogP contribution is 2.25. The van der Waals surface area contributed by atoms with Gasteiger partial charge in [-0.15, -0.1) is 0 Å². The van der Waals surface area contributed by atoms with Gasteiger partial charge in [-0.2, -0.15) is 0 Å². The number of furan rings is 1. The van der Waals surface area contributed by atoms with Crippen LogP contribution in [0.15, 0.2) is 33.8 Å². The lowest BCUT2D eigenvalue weighted by molar-refractivity contribution is 0.385. The minimum absolute atomic E-state index is 0.452. The van der Waals surface area contributed by atoms with E-state index in [1.807, 2.05) is 22.5 Å². The fraction of sp³-hybridized carbons (Fsp3) is 0.556. The molecule has 0 radical (unpaired) electrons. The molecule has 1 atom stereocenters. The summed E-state index contributed by atoms with van der Waals surface area (Å²) in [6.07, 6.45) is 2.62. The number of hydrogen-bond donors (Lipinski definition) is 2. The van der Waals surface area contributed by atoms with Crippen molar-refractivity contribution >= 4 is 22.0 Å². The third-order valence-corrected chi connectivity index (χ3v) is 5.27. The van der Waals surface area contributed by atoms with Crippen molar-refractivity contribution in [2.24, 2.45) is 11.7 Å². The Morgan fingerprint density at radius 3 is 2.83 bits per heavy atom. The fourth-order valence-corrected chi connectivity index (χ4v) is 4.06. The topological polar surface area (TPSA) is 71.5 Å². The van der Waals surface area contributed by atoms with Crippen LogP contribution in [0, 0.1) is 5.92 Å². The van der Waals surface area contributed by atoms with Gasteiger partial charge in [0.05, 0.1) is 11.2 Å². The van der Waals surface area contributed by atoms with Gasteiger partial charge in [-0.25, -0.2) is 8.51 Å². The number of hydrogen-bond acceptors (Lipinski definition) is 4.